The standard InChI is InChI=1S/C17H16ClF4N3O5S/c1-23-14(17(20,21)22)9-15(26)25(16(23)27)12-8-13(10(18)7-11(12)19)30-31(28,29)24-5-3-2-4-6-24/h7-9H,2-6H2,1H3. The van der Waals surface area contributed by atoms with Crippen molar-refractivity contribution in [3.8, 4) is 11.4 Å². The lowest BCUT2D eigenvalue weighted by Crippen LogP contribution is -2.41. The van der Waals surface area contributed by atoms with Crippen molar-refractivity contribution < 1.29 is 30.2 Å². The molecular weight excluding hydrogens is 470 g/mol. The van der Waals surface area contributed by atoms with E-state index in [0.29, 0.717) is 25.0 Å². The lowest BCUT2D eigenvalue weighted by Gasteiger charge is -2.25. The normalized spacial score (nSPS) is 15.8. The molecule has 0 amide bonds. The van der Waals surface area contributed by atoms with Crippen LogP contribution >= 0.6 is 11.6 Å². The Morgan fingerprint density at radius 3 is 2.26 bits per heavy atom. The Kier molecular flexibility index (Phi) is 6.22. The van der Waals surface area contributed by atoms with Crippen LogP contribution in [0.25, 0.3) is 5.69 Å². The SMILES string of the molecule is Cn1c(C(F)(F)F)cc(=O)n(-c2cc(OS(=O)(=O)N3CCCCC3)c(Cl)cc2F)c1=O. The fourth-order valence-corrected chi connectivity index (χ4v) is 4.54. The molecule has 1 aliphatic rings. The monoisotopic (exact) mass is 485 g/mol. The van der Waals surface area contributed by atoms with E-state index in [1.165, 1.54) is 0 Å². The lowest BCUT2D eigenvalue weighted by molar-refractivity contribution is -0.144. The summed E-state index contributed by atoms with van der Waals surface area (Å²) >= 11 is 5.86. The minimum Gasteiger partial charge on any atom is -0.369 e. The molecule has 0 bridgehead atoms. The van der Waals surface area contributed by atoms with Gasteiger partial charge in [-0.05, 0) is 18.9 Å². The molecule has 2 heterocycles. The molecule has 0 atom stereocenters. The van der Waals surface area contributed by atoms with Gasteiger partial charge < -0.3 is 4.18 Å². The Hall–Kier alpha value is -2.38. The van der Waals surface area contributed by atoms with Crippen molar-refractivity contribution in [2.24, 2.45) is 7.05 Å². The number of benzene rings is 1. The zero-order valence-corrected chi connectivity index (χ0v) is 17.5. The maximum Gasteiger partial charge on any atom is 0.431 e. The minimum absolute atomic E-state index is 0.125. The largest absolute Gasteiger partial charge is 0.431 e. The molecule has 8 nitrogen and oxygen atoms in total. The van der Waals surface area contributed by atoms with E-state index >= 15 is 0 Å². The first-order valence-corrected chi connectivity index (χ1v) is 10.7. The predicted molar refractivity (Wildman–Crippen MR) is 102 cm³/mol. The Labute approximate surface area is 178 Å². The predicted octanol–water partition coefficient (Wildman–Crippen LogP) is 2.46. The second kappa shape index (κ2) is 8.28. The van der Waals surface area contributed by atoms with E-state index in [9.17, 15) is 35.6 Å². The quantitative estimate of drug-likeness (QED) is 0.621. The summed E-state index contributed by atoms with van der Waals surface area (Å²) in [5.74, 6) is -1.83. The van der Waals surface area contributed by atoms with Crippen LogP contribution < -0.4 is 15.4 Å². The van der Waals surface area contributed by atoms with Crippen molar-refractivity contribution in [1.29, 1.82) is 0 Å². The van der Waals surface area contributed by atoms with E-state index in [-0.39, 0.29) is 28.3 Å². The molecule has 1 aliphatic heterocycles. The Balaban J connectivity index is 2.12. The topological polar surface area (TPSA) is 90.6 Å². The van der Waals surface area contributed by atoms with Crippen molar-refractivity contribution in [2.75, 3.05) is 13.1 Å². The van der Waals surface area contributed by atoms with Gasteiger partial charge in [-0.2, -0.15) is 25.9 Å². The molecule has 14 heteroatoms. The average molecular weight is 486 g/mol. The first-order valence-electron chi connectivity index (χ1n) is 8.92. The molecule has 0 radical (unpaired) electrons. The summed E-state index contributed by atoms with van der Waals surface area (Å²) in [6, 6.07) is 1.40. The molecule has 2 aromatic rings. The van der Waals surface area contributed by atoms with Gasteiger partial charge in [0, 0.05) is 32.3 Å². The van der Waals surface area contributed by atoms with Crippen LogP contribution in [0.1, 0.15) is 25.0 Å². The number of rotatable bonds is 4. The van der Waals surface area contributed by atoms with E-state index in [2.05, 4.69) is 0 Å². The third-order valence-corrected chi connectivity index (χ3v) is 6.36. The maximum atomic E-state index is 14.5. The van der Waals surface area contributed by atoms with Gasteiger partial charge in [0.1, 0.15) is 11.5 Å². The summed E-state index contributed by atoms with van der Waals surface area (Å²) in [4.78, 5) is 24.6. The summed E-state index contributed by atoms with van der Waals surface area (Å²) in [7, 11) is -3.56. The van der Waals surface area contributed by atoms with Crippen molar-refractivity contribution in [2.45, 2.75) is 25.4 Å². The number of nitrogens with zero attached hydrogens (tertiary/aromatic N) is 3. The third kappa shape index (κ3) is 4.62. The summed E-state index contributed by atoms with van der Waals surface area (Å²) < 4.78 is 84.8. The van der Waals surface area contributed by atoms with Gasteiger partial charge in [0.25, 0.3) is 5.56 Å². The van der Waals surface area contributed by atoms with E-state index < -0.39 is 55.7 Å². The van der Waals surface area contributed by atoms with Gasteiger partial charge in [-0.3, -0.25) is 9.36 Å². The van der Waals surface area contributed by atoms with E-state index in [4.69, 9.17) is 15.8 Å². The maximum absolute atomic E-state index is 14.5. The van der Waals surface area contributed by atoms with Gasteiger partial charge in [-0.25, -0.2) is 13.8 Å². The number of hydrogen-bond acceptors (Lipinski definition) is 5. The lowest BCUT2D eigenvalue weighted by atomic mass is 10.2. The molecule has 0 saturated carbocycles. The first kappa shape index (κ1) is 23.3. The van der Waals surface area contributed by atoms with Gasteiger partial charge >= 0.3 is 22.2 Å². The molecule has 1 aromatic carbocycles. The van der Waals surface area contributed by atoms with Gasteiger partial charge in [-0.1, -0.05) is 18.0 Å². The van der Waals surface area contributed by atoms with Crippen LogP contribution in [0, 0.1) is 5.82 Å². The fraction of sp³-hybridized carbons (Fsp3) is 0.412. The smallest absolute Gasteiger partial charge is 0.369 e. The van der Waals surface area contributed by atoms with Gasteiger partial charge in [0.2, 0.25) is 0 Å². The van der Waals surface area contributed by atoms with Crippen LogP contribution in [0.2, 0.25) is 5.02 Å². The van der Waals surface area contributed by atoms with Crippen molar-refractivity contribution in [3.63, 3.8) is 0 Å². The van der Waals surface area contributed by atoms with Crippen LogP contribution in [-0.4, -0.2) is 34.9 Å². The highest BCUT2D eigenvalue weighted by atomic mass is 35.5. The second-order valence-corrected chi connectivity index (χ2v) is 8.72. The van der Waals surface area contributed by atoms with Gasteiger partial charge in [-0.15, -0.1) is 0 Å². The average Bonchev–Trinajstić information content (AvgIpc) is 2.68. The molecule has 0 aliphatic carbocycles. The molecular formula is C17H16ClF4N3O5S. The van der Waals surface area contributed by atoms with Gasteiger partial charge in [0.15, 0.2) is 5.75 Å². The molecule has 1 fully saturated rings. The summed E-state index contributed by atoms with van der Waals surface area (Å²) in [5, 5.41) is -0.474. The Morgan fingerprint density at radius 2 is 1.68 bits per heavy atom. The van der Waals surface area contributed by atoms with Crippen molar-refractivity contribution >= 4 is 21.9 Å². The zero-order chi connectivity index (χ0) is 23.1. The molecule has 3 rings (SSSR count). The van der Waals surface area contributed by atoms with Crippen LogP contribution in [0.15, 0.2) is 27.8 Å². The van der Waals surface area contributed by atoms with Crippen molar-refractivity contribution in [1.82, 2.24) is 13.4 Å². The zero-order valence-electron chi connectivity index (χ0n) is 15.9. The molecule has 0 unspecified atom stereocenters. The number of piperidine rings is 1. The highest BCUT2D eigenvalue weighted by Gasteiger charge is 2.35. The van der Waals surface area contributed by atoms with Crippen LogP contribution in [0.3, 0.4) is 0 Å². The first-order chi connectivity index (χ1) is 14.3. The van der Waals surface area contributed by atoms with E-state index in [0.717, 1.165) is 17.8 Å². The van der Waals surface area contributed by atoms with Crippen LogP contribution in [-0.2, 0) is 23.5 Å². The van der Waals surface area contributed by atoms with Crippen LogP contribution in [0.5, 0.6) is 5.75 Å². The number of hydrogen-bond donors (Lipinski definition) is 0. The Morgan fingerprint density at radius 1 is 1.06 bits per heavy atom. The molecule has 0 spiro atoms. The number of alkyl halides is 3. The number of halogens is 5. The number of aromatic nitrogens is 2. The summed E-state index contributed by atoms with van der Waals surface area (Å²) in [5.41, 5.74) is -5.31. The van der Waals surface area contributed by atoms with Crippen LogP contribution in [0.4, 0.5) is 17.6 Å². The van der Waals surface area contributed by atoms with Gasteiger partial charge in [0.05, 0.1) is 10.7 Å². The van der Waals surface area contributed by atoms with E-state index in [1.807, 2.05) is 0 Å². The Bertz CT molecular complexity index is 1230. The highest BCUT2D eigenvalue weighted by Crippen LogP contribution is 2.31. The third-order valence-electron chi connectivity index (χ3n) is 4.68. The minimum atomic E-state index is -5.00. The fourth-order valence-electron chi connectivity index (χ4n) is 3.13. The highest BCUT2D eigenvalue weighted by molar-refractivity contribution is 7.84. The molecule has 170 valence electrons. The second-order valence-electron chi connectivity index (χ2n) is 6.78. The van der Waals surface area contributed by atoms with E-state index in [1.54, 1.807) is 0 Å². The molecule has 31 heavy (non-hydrogen) atoms. The summed E-state index contributed by atoms with van der Waals surface area (Å²) in [6.45, 7) is 0.403. The molecule has 1 saturated heterocycles. The van der Waals surface area contributed by atoms with Crippen molar-refractivity contribution in [3.05, 3.63) is 55.6 Å². The molecule has 1 aromatic heterocycles. The molecule has 0 N–H and O–H groups in total. The summed E-state index contributed by atoms with van der Waals surface area (Å²) in [6.07, 6.45) is -2.93.